The number of carbonyl (C=O) groups excluding carboxylic acids is 2. The van der Waals surface area contributed by atoms with E-state index in [1.807, 2.05) is 61.5 Å². The average molecular weight is 352 g/mol. The molecule has 1 saturated heterocycles. The lowest BCUT2D eigenvalue weighted by Crippen LogP contribution is -2.46. The Morgan fingerprint density at radius 1 is 1.04 bits per heavy atom. The number of aryl methyl sites for hydroxylation is 1. The molecule has 5 heteroatoms. The van der Waals surface area contributed by atoms with Crippen LogP contribution in [0.2, 0.25) is 0 Å². The summed E-state index contributed by atoms with van der Waals surface area (Å²) in [6, 6.07) is 17.3. The Bertz CT molecular complexity index is 736. The van der Waals surface area contributed by atoms with Crippen LogP contribution in [0.15, 0.2) is 54.6 Å². The molecule has 0 atom stereocenters. The van der Waals surface area contributed by atoms with E-state index in [0.717, 1.165) is 24.0 Å². The Labute approximate surface area is 154 Å². The van der Waals surface area contributed by atoms with Gasteiger partial charge in [-0.25, -0.2) is 4.79 Å². The molecule has 0 unspecified atom stereocenters. The third-order valence-electron chi connectivity index (χ3n) is 4.61. The van der Waals surface area contributed by atoms with Gasteiger partial charge in [0.25, 0.3) is 5.91 Å². The van der Waals surface area contributed by atoms with E-state index in [1.54, 1.807) is 4.90 Å². The van der Waals surface area contributed by atoms with Gasteiger partial charge in [0.05, 0.1) is 0 Å². The summed E-state index contributed by atoms with van der Waals surface area (Å²) in [6.45, 7) is 3.46. The molecule has 1 heterocycles. The predicted octanol–water partition coefficient (Wildman–Crippen LogP) is 3.53. The zero-order valence-electron chi connectivity index (χ0n) is 15.0. The first kappa shape index (κ1) is 18.0. The second-order valence-electron chi connectivity index (χ2n) is 6.64. The Morgan fingerprint density at radius 3 is 2.35 bits per heavy atom. The van der Waals surface area contributed by atoms with Gasteiger partial charge >= 0.3 is 6.09 Å². The summed E-state index contributed by atoms with van der Waals surface area (Å²) >= 11 is 0. The summed E-state index contributed by atoms with van der Waals surface area (Å²) in [5, 5.41) is 3.05. The number of benzene rings is 2. The number of ether oxygens (including phenoxy) is 1. The van der Waals surface area contributed by atoms with Crippen molar-refractivity contribution in [2.24, 2.45) is 0 Å². The van der Waals surface area contributed by atoms with Crippen LogP contribution in [0.1, 0.15) is 34.3 Å². The first-order valence-corrected chi connectivity index (χ1v) is 8.95. The summed E-state index contributed by atoms with van der Waals surface area (Å²) in [5.74, 6) is -0.0601. The summed E-state index contributed by atoms with van der Waals surface area (Å²) in [6.07, 6.45) is 1.17. The van der Waals surface area contributed by atoms with Crippen LogP contribution in [0.3, 0.4) is 0 Å². The summed E-state index contributed by atoms with van der Waals surface area (Å²) in [5.41, 5.74) is 2.77. The third-order valence-corrected chi connectivity index (χ3v) is 4.61. The van der Waals surface area contributed by atoms with E-state index in [0.29, 0.717) is 18.7 Å². The molecule has 1 fully saturated rings. The highest BCUT2D eigenvalue weighted by molar-refractivity contribution is 5.94. The quantitative estimate of drug-likeness (QED) is 0.916. The van der Waals surface area contributed by atoms with Crippen LogP contribution in [-0.4, -0.2) is 36.0 Å². The first-order valence-electron chi connectivity index (χ1n) is 8.95. The van der Waals surface area contributed by atoms with Crippen LogP contribution < -0.4 is 5.32 Å². The molecule has 136 valence electrons. The molecule has 2 aromatic rings. The van der Waals surface area contributed by atoms with Gasteiger partial charge in [0.2, 0.25) is 0 Å². The van der Waals surface area contributed by atoms with Crippen molar-refractivity contribution in [3.8, 4) is 0 Å². The lowest BCUT2D eigenvalue weighted by atomic mass is 10.0. The number of piperidine rings is 1. The lowest BCUT2D eigenvalue weighted by molar-refractivity contribution is 0.0809. The van der Waals surface area contributed by atoms with Crippen molar-refractivity contribution in [3.05, 3.63) is 71.3 Å². The van der Waals surface area contributed by atoms with Gasteiger partial charge in [0.15, 0.2) is 0 Å². The Balaban J connectivity index is 1.42. The van der Waals surface area contributed by atoms with Gasteiger partial charge in [-0.3, -0.25) is 4.79 Å². The number of nitrogens with one attached hydrogen (secondary N) is 1. The molecule has 26 heavy (non-hydrogen) atoms. The SMILES string of the molecule is Cc1ccc(C(=O)NC2CCN(C(=O)OCc3ccccc3)CC2)cc1. The van der Waals surface area contributed by atoms with Crippen molar-refractivity contribution in [3.63, 3.8) is 0 Å². The van der Waals surface area contributed by atoms with Crippen molar-refractivity contribution in [1.29, 1.82) is 0 Å². The van der Waals surface area contributed by atoms with Gasteiger partial charge in [-0.15, -0.1) is 0 Å². The normalized spacial score (nSPS) is 14.7. The average Bonchev–Trinajstić information content (AvgIpc) is 2.68. The van der Waals surface area contributed by atoms with E-state index in [1.165, 1.54) is 0 Å². The monoisotopic (exact) mass is 352 g/mol. The number of hydrogen-bond acceptors (Lipinski definition) is 3. The van der Waals surface area contributed by atoms with E-state index in [4.69, 9.17) is 4.74 Å². The molecular weight excluding hydrogens is 328 g/mol. The van der Waals surface area contributed by atoms with Crippen LogP contribution in [0.5, 0.6) is 0 Å². The molecule has 5 nitrogen and oxygen atoms in total. The van der Waals surface area contributed by atoms with E-state index >= 15 is 0 Å². The fourth-order valence-corrected chi connectivity index (χ4v) is 2.99. The highest BCUT2D eigenvalue weighted by Gasteiger charge is 2.25. The summed E-state index contributed by atoms with van der Waals surface area (Å²) in [4.78, 5) is 26.2. The molecule has 1 N–H and O–H groups in total. The highest BCUT2D eigenvalue weighted by atomic mass is 16.6. The van der Waals surface area contributed by atoms with Crippen LogP contribution >= 0.6 is 0 Å². The van der Waals surface area contributed by atoms with Crippen LogP contribution in [0.4, 0.5) is 4.79 Å². The molecule has 2 aromatic carbocycles. The molecule has 2 amide bonds. The molecule has 3 rings (SSSR count). The van der Waals surface area contributed by atoms with E-state index in [-0.39, 0.29) is 24.6 Å². The van der Waals surface area contributed by atoms with Gasteiger partial charge in [0.1, 0.15) is 6.61 Å². The molecular formula is C21H24N2O3. The van der Waals surface area contributed by atoms with Crippen molar-refractivity contribution in [2.45, 2.75) is 32.4 Å². The van der Waals surface area contributed by atoms with Crippen molar-refractivity contribution in [1.82, 2.24) is 10.2 Å². The minimum absolute atomic E-state index is 0.0601. The number of likely N-dealkylation sites (tertiary alicyclic amines) is 1. The maximum absolute atomic E-state index is 12.3. The lowest BCUT2D eigenvalue weighted by Gasteiger charge is -2.31. The minimum atomic E-state index is -0.294. The first-order chi connectivity index (χ1) is 12.6. The fourth-order valence-electron chi connectivity index (χ4n) is 2.99. The maximum atomic E-state index is 12.3. The van der Waals surface area contributed by atoms with E-state index in [9.17, 15) is 9.59 Å². The van der Waals surface area contributed by atoms with Gasteiger partial charge in [-0.1, -0.05) is 48.0 Å². The standard InChI is InChI=1S/C21H24N2O3/c1-16-7-9-18(10-8-16)20(24)22-19-11-13-23(14-12-19)21(25)26-15-17-5-3-2-4-6-17/h2-10,19H,11-15H2,1H3,(H,22,24). The molecule has 0 bridgehead atoms. The van der Waals surface area contributed by atoms with Gasteiger partial charge in [-0.05, 0) is 37.5 Å². The summed E-state index contributed by atoms with van der Waals surface area (Å²) in [7, 11) is 0. The molecule has 0 saturated carbocycles. The van der Waals surface area contributed by atoms with Gasteiger partial charge in [-0.2, -0.15) is 0 Å². The third kappa shape index (κ3) is 4.85. The molecule has 0 aromatic heterocycles. The van der Waals surface area contributed by atoms with Gasteiger partial charge in [0, 0.05) is 24.7 Å². The van der Waals surface area contributed by atoms with Crippen molar-refractivity contribution in [2.75, 3.05) is 13.1 Å². The predicted molar refractivity (Wildman–Crippen MR) is 99.9 cm³/mol. The Morgan fingerprint density at radius 2 is 1.69 bits per heavy atom. The topological polar surface area (TPSA) is 58.6 Å². The second-order valence-corrected chi connectivity index (χ2v) is 6.64. The molecule has 0 spiro atoms. The Hall–Kier alpha value is -2.82. The number of amides is 2. The van der Waals surface area contributed by atoms with E-state index in [2.05, 4.69) is 5.32 Å². The van der Waals surface area contributed by atoms with Gasteiger partial charge < -0.3 is 15.0 Å². The summed E-state index contributed by atoms with van der Waals surface area (Å²) < 4.78 is 5.36. The highest BCUT2D eigenvalue weighted by Crippen LogP contribution is 2.13. The number of rotatable bonds is 4. The smallest absolute Gasteiger partial charge is 0.410 e. The Kier molecular flexibility index (Phi) is 5.89. The zero-order valence-corrected chi connectivity index (χ0v) is 15.0. The number of carbonyl (C=O) groups is 2. The fraction of sp³-hybridized carbons (Fsp3) is 0.333. The molecule has 0 radical (unpaired) electrons. The number of hydrogen-bond donors (Lipinski definition) is 1. The minimum Gasteiger partial charge on any atom is -0.445 e. The second kappa shape index (κ2) is 8.52. The van der Waals surface area contributed by atoms with Crippen LogP contribution in [0, 0.1) is 6.92 Å². The van der Waals surface area contributed by atoms with Crippen LogP contribution in [0.25, 0.3) is 0 Å². The van der Waals surface area contributed by atoms with Crippen molar-refractivity contribution < 1.29 is 14.3 Å². The number of nitrogens with zero attached hydrogens (tertiary/aromatic N) is 1. The maximum Gasteiger partial charge on any atom is 0.410 e. The molecule has 1 aliphatic rings. The van der Waals surface area contributed by atoms with Crippen molar-refractivity contribution >= 4 is 12.0 Å². The zero-order chi connectivity index (χ0) is 18.4. The molecule has 1 aliphatic heterocycles. The largest absolute Gasteiger partial charge is 0.445 e. The van der Waals surface area contributed by atoms with Crippen LogP contribution in [-0.2, 0) is 11.3 Å². The van der Waals surface area contributed by atoms with E-state index < -0.39 is 0 Å². The molecule has 0 aliphatic carbocycles.